The third-order valence-electron chi connectivity index (χ3n) is 4.72. The molecule has 1 aliphatic rings. The van der Waals surface area contributed by atoms with E-state index < -0.39 is 11.8 Å². The largest absolute Gasteiger partial charge is 0.495 e. The number of carbonyl (C=O) groups is 3. The molecule has 0 bridgehead atoms. The molecule has 2 aromatic carbocycles. The Morgan fingerprint density at radius 2 is 1.94 bits per heavy atom. The number of amides is 3. The molecule has 164 valence electrons. The number of halogens is 1. The van der Waals surface area contributed by atoms with Gasteiger partial charge in [0.05, 0.1) is 30.8 Å². The van der Waals surface area contributed by atoms with E-state index in [-0.39, 0.29) is 31.4 Å². The van der Waals surface area contributed by atoms with Crippen molar-refractivity contribution in [1.82, 2.24) is 0 Å². The number of primary amides is 1. The predicted molar refractivity (Wildman–Crippen MR) is 115 cm³/mol. The molecule has 3 N–H and O–H groups in total. The molecule has 3 amide bonds. The number of methoxy groups -OCH3 is 2. The summed E-state index contributed by atoms with van der Waals surface area (Å²) in [5.41, 5.74) is 6.01. The SMILES string of the molecule is COc1cc(OC)c(N2CC(C(=O)Nc3cccc(OCC(N)=O)c3)CC2=O)cc1Cl. The van der Waals surface area contributed by atoms with Crippen LogP contribution in [0.4, 0.5) is 11.4 Å². The first-order valence-electron chi connectivity index (χ1n) is 9.36. The van der Waals surface area contributed by atoms with Crippen LogP contribution < -0.4 is 30.2 Å². The lowest BCUT2D eigenvalue weighted by Crippen LogP contribution is -2.28. The molecule has 1 heterocycles. The molecule has 1 saturated heterocycles. The lowest BCUT2D eigenvalue weighted by molar-refractivity contribution is -0.122. The number of hydrogen-bond donors (Lipinski definition) is 2. The number of nitrogens with zero attached hydrogens (tertiary/aromatic N) is 1. The maximum atomic E-state index is 12.8. The van der Waals surface area contributed by atoms with Crippen LogP contribution in [-0.2, 0) is 14.4 Å². The maximum Gasteiger partial charge on any atom is 0.255 e. The zero-order valence-electron chi connectivity index (χ0n) is 17.0. The number of nitrogens with two attached hydrogens (primary N) is 1. The summed E-state index contributed by atoms with van der Waals surface area (Å²) in [6.07, 6.45) is 0.0382. The van der Waals surface area contributed by atoms with Gasteiger partial charge in [-0.3, -0.25) is 14.4 Å². The van der Waals surface area contributed by atoms with Gasteiger partial charge in [-0.05, 0) is 18.2 Å². The van der Waals surface area contributed by atoms with Crippen molar-refractivity contribution >= 4 is 40.7 Å². The number of hydrogen-bond acceptors (Lipinski definition) is 6. The Balaban J connectivity index is 1.72. The van der Waals surface area contributed by atoms with Crippen molar-refractivity contribution in [1.29, 1.82) is 0 Å². The lowest BCUT2D eigenvalue weighted by Gasteiger charge is -2.21. The van der Waals surface area contributed by atoms with Gasteiger partial charge in [0.1, 0.15) is 17.2 Å². The maximum absolute atomic E-state index is 12.8. The van der Waals surface area contributed by atoms with Crippen molar-refractivity contribution in [2.75, 3.05) is 37.6 Å². The average molecular weight is 448 g/mol. The fraction of sp³-hybridized carbons (Fsp3) is 0.286. The number of ether oxygens (including phenoxy) is 3. The van der Waals surface area contributed by atoms with Crippen LogP contribution in [0.2, 0.25) is 5.02 Å². The highest BCUT2D eigenvalue weighted by Crippen LogP contribution is 2.40. The van der Waals surface area contributed by atoms with Gasteiger partial charge in [0.2, 0.25) is 11.8 Å². The highest BCUT2D eigenvalue weighted by molar-refractivity contribution is 6.32. The van der Waals surface area contributed by atoms with E-state index in [9.17, 15) is 14.4 Å². The summed E-state index contributed by atoms with van der Waals surface area (Å²) in [5.74, 6) is -0.504. The Morgan fingerprint density at radius 3 is 2.61 bits per heavy atom. The van der Waals surface area contributed by atoms with Gasteiger partial charge in [-0.25, -0.2) is 0 Å². The van der Waals surface area contributed by atoms with E-state index in [1.54, 1.807) is 36.4 Å². The minimum atomic E-state index is -0.604. The van der Waals surface area contributed by atoms with E-state index in [1.165, 1.54) is 19.1 Å². The monoisotopic (exact) mass is 447 g/mol. The number of nitrogens with one attached hydrogen (secondary N) is 1. The van der Waals surface area contributed by atoms with E-state index in [1.807, 2.05) is 0 Å². The van der Waals surface area contributed by atoms with Crippen LogP contribution in [0.1, 0.15) is 6.42 Å². The summed E-state index contributed by atoms with van der Waals surface area (Å²) < 4.78 is 15.8. The normalized spacial score (nSPS) is 15.5. The summed E-state index contributed by atoms with van der Waals surface area (Å²) in [4.78, 5) is 37.7. The minimum Gasteiger partial charge on any atom is -0.495 e. The number of rotatable bonds is 8. The molecule has 0 spiro atoms. The highest BCUT2D eigenvalue weighted by Gasteiger charge is 2.36. The molecule has 3 rings (SSSR count). The molecule has 0 radical (unpaired) electrons. The molecular weight excluding hydrogens is 426 g/mol. The highest BCUT2D eigenvalue weighted by atomic mass is 35.5. The zero-order chi connectivity index (χ0) is 22.5. The van der Waals surface area contributed by atoms with E-state index >= 15 is 0 Å². The molecule has 1 unspecified atom stereocenters. The van der Waals surface area contributed by atoms with Crippen LogP contribution in [0.15, 0.2) is 36.4 Å². The average Bonchev–Trinajstić information content (AvgIpc) is 3.14. The predicted octanol–water partition coefficient (Wildman–Crippen LogP) is 2.21. The van der Waals surface area contributed by atoms with Crippen molar-refractivity contribution in [2.24, 2.45) is 11.7 Å². The molecular formula is C21H22ClN3O6. The number of anilines is 2. The van der Waals surface area contributed by atoms with Crippen LogP contribution >= 0.6 is 11.6 Å². The molecule has 1 atom stereocenters. The van der Waals surface area contributed by atoms with E-state index in [0.717, 1.165) is 0 Å². The van der Waals surface area contributed by atoms with Crippen molar-refractivity contribution in [3.8, 4) is 17.2 Å². The van der Waals surface area contributed by atoms with Gasteiger partial charge < -0.3 is 30.2 Å². The van der Waals surface area contributed by atoms with Crippen molar-refractivity contribution in [3.05, 3.63) is 41.4 Å². The summed E-state index contributed by atoms with van der Waals surface area (Å²) in [6.45, 7) is -0.0999. The van der Waals surface area contributed by atoms with Crippen LogP contribution in [-0.4, -0.2) is 45.1 Å². The molecule has 2 aromatic rings. The molecule has 10 heteroatoms. The molecule has 1 fully saturated rings. The van der Waals surface area contributed by atoms with Crippen LogP contribution in [0, 0.1) is 5.92 Å². The standard InChI is InChI=1S/C21H22ClN3O6/c1-29-17-9-18(30-2)16(8-15(17)22)25-10-12(6-20(25)27)21(28)24-13-4-3-5-14(7-13)31-11-19(23)26/h3-5,7-9,12H,6,10-11H2,1-2H3,(H2,23,26)(H,24,28). The van der Waals surface area contributed by atoms with E-state index in [4.69, 9.17) is 31.5 Å². The minimum absolute atomic E-state index is 0.0382. The van der Waals surface area contributed by atoms with E-state index in [0.29, 0.717) is 33.6 Å². The summed E-state index contributed by atoms with van der Waals surface area (Å²) in [5, 5.41) is 3.10. The van der Waals surface area contributed by atoms with E-state index in [2.05, 4.69) is 5.32 Å². The van der Waals surface area contributed by atoms with Gasteiger partial charge in [0, 0.05) is 30.8 Å². The Bertz CT molecular complexity index is 1010. The first-order chi connectivity index (χ1) is 14.8. The zero-order valence-corrected chi connectivity index (χ0v) is 17.8. The second-order valence-electron chi connectivity index (χ2n) is 6.84. The summed E-state index contributed by atoms with van der Waals surface area (Å²) >= 11 is 6.21. The third-order valence-corrected chi connectivity index (χ3v) is 5.02. The smallest absolute Gasteiger partial charge is 0.255 e. The Morgan fingerprint density at radius 1 is 1.19 bits per heavy atom. The van der Waals surface area contributed by atoms with Gasteiger partial charge in [-0.15, -0.1) is 0 Å². The molecule has 0 saturated carbocycles. The van der Waals surface area contributed by atoms with Gasteiger partial charge >= 0.3 is 0 Å². The molecule has 0 aliphatic carbocycles. The Hall–Kier alpha value is -3.46. The van der Waals surface area contributed by atoms with Gasteiger partial charge in [0.15, 0.2) is 6.61 Å². The second kappa shape index (κ2) is 9.57. The van der Waals surface area contributed by atoms with Crippen LogP contribution in [0.3, 0.4) is 0 Å². The molecule has 0 aromatic heterocycles. The van der Waals surface area contributed by atoms with Crippen LogP contribution in [0.25, 0.3) is 0 Å². The van der Waals surface area contributed by atoms with Gasteiger partial charge in [0.25, 0.3) is 5.91 Å². The Labute approximate surface area is 184 Å². The van der Waals surface area contributed by atoms with Crippen molar-refractivity contribution < 1.29 is 28.6 Å². The van der Waals surface area contributed by atoms with Gasteiger partial charge in [-0.2, -0.15) is 0 Å². The summed E-state index contributed by atoms with van der Waals surface area (Å²) in [7, 11) is 2.96. The number of carbonyl (C=O) groups excluding carboxylic acids is 3. The molecule has 1 aliphatic heterocycles. The molecule has 9 nitrogen and oxygen atoms in total. The second-order valence-corrected chi connectivity index (χ2v) is 7.24. The Kier molecular flexibility index (Phi) is 6.86. The molecule has 31 heavy (non-hydrogen) atoms. The van der Waals surface area contributed by atoms with Crippen molar-refractivity contribution in [2.45, 2.75) is 6.42 Å². The fourth-order valence-electron chi connectivity index (χ4n) is 3.23. The lowest BCUT2D eigenvalue weighted by atomic mass is 10.1. The quantitative estimate of drug-likeness (QED) is 0.640. The van der Waals surface area contributed by atoms with Crippen molar-refractivity contribution in [3.63, 3.8) is 0 Å². The number of benzene rings is 2. The third kappa shape index (κ3) is 5.18. The first kappa shape index (κ1) is 22.2. The fourth-order valence-corrected chi connectivity index (χ4v) is 3.47. The topological polar surface area (TPSA) is 120 Å². The first-order valence-corrected chi connectivity index (χ1v) is 9.74. The summed E-state index contributed by atoms with van der Waals surface area (Å²) in [6, 6.07) is 9.73. The van der Waals surface area contributed by atoms with Gasteiger partial charge in [-0.1, -0.05) is 17.7 Å². The van der Waals surface area contributed by atoms with Crippen LogP contribution in [0.5, 0.6) is 17.2 Å².